The van der Waals surface area contributed by atoms with E-state index in [1.54, 1.807) is 18.4 Å². The molecule has 0 aliphatic rings. The van der Waals surface area contributed by atoms with Gasteiger partial charge in [0.1, 0.15) is 16.4 Å². The molecule has 9 heavy (non-hydrogen) atoms. The third-order valence-electron chi connectivity index (χ3n) is 0.607. The van der Waals surface area contributed by atoms with Gasteiger partial charge >= 0.3 is 0 Å². The van der Waals surface area contributed by atoms with Gasteiger partial charge in [0.2, 0.25) is 0 Å². The van der Waals surface area contributed by atoms with Crippen LogP contribution in [0.1, 0.15) is 6.92 Å². The maximum Gasteiger partial charge on any atom is 0.139 e. The van der Waals surface area contributed by atoms with E-state index in [2.05, 4.69) is 0 Å². The Labute approximate surface area is 57.8 Å². The lowest BCUT2D eigenvalue weighted by molar-refractivity contribution is 1.30. The highest BCUT2D eigenvalue weighted by Gasteiger charge is 1.96. The van der Waals surface area contributed by atoms with E-state index in [4.69, 9.17) is 16.3 Å². The van der Waals surface area contributed by atoms with Gasteiger partial charge in [-0.2, -0.15) is 10.5 Å². The van der Waals surface area contributed by atoms with Crippen LogP contribution >= 0.6 is 11.8 Å². The van der Waals surface area contributed by atoms with Gasteiger partial charge in [-0.1, -0.05) is 0 Å². The first kappa shape index (κ1) is 7.87. The van der Waals surface area contributed by atoms with Crippen molar-refractivity contribution < 1.29 is 0 Å². The van der Waals surface area contributed by atoms with Crippen molar-refractivity contribution in [3.63, 3.8) is 0 Å². The first-order valence-electron chi connectivity index (χ1n) is 2.14. The number of nitriles is 2. The van der Waals surface area contributed by atoms with Crippen LogP contribution in [0.3, 0.4) is 0 Å². The molecule has 0 aromatic heterocycles. The lowest BCUT2D eigenvalue weighted by Gasteiger charge is -1.89. The van der Waals surface area contributed by atoms with Crippen molar-refractivity contribution in [2.75, 3.05) is 0 Å². The molecule has 0 amide bonds. The van der Waals surface area contributed by atoms with Gasteiger partial charge in [0.25, 0.3) is 0 Å². The molecular weight excluding hydrogens is 134 g/mol. The number of allylic oxidation sites excluding steroid dienone is 2. The number of thioether (sulfide) groups is 1. The summed E-state index contributed by atoms with van der Waals surface area (Å²) in [7, 11) is 0. The Morgan fingerprint density at radius 1 is 1.56 bits per heavy atom. The Kier molecular flexibility index (Phi) is 3.34. The monoisotopic (exact) mass is 139 g/mol. The van der Waals surface area contributed by atoms with Crippen LogP contribution in [-0.2, 0) is 0 Å². The molecule has 0 aromatic carbocycles. The molecule has 0 radical (unpaired) electrons. The van der Waals surface area contributed by atoms with Crippen LogP contribution in [0.2, 0.25) is 0 Å². The molecular formula is C5H5N3S. The standard InChI is InChI=1S/C5H5N3S/c1-4(8)5(2-6)9-3-7/h8H2,1H3/b5-4-. The lowest BCUT2D eigenvalue weighted by Crippen LogP contribution is -1.92. The predicted octanol–water partition coefficient (Wildman–Crippen LogP) is 0.914. The van der Waals surface area contributed by atoms with Crippen molar-refractivity contribution >= 4 is 11.8 Å². The summed E-state index contributed by atoms with van der Waals surface area (Å²) in [4.78, 5) is 0.275. The fourth-order valence-corrected chi connectivity index (χ4v) is 0.535. The number of nitrogens with two attached hydrogens (primary N) is 1. The minimum atomic E-state index is 0.275. The molecule has 0 aromatic rings. The summed E-state index contributed by atoms with van der Waals surface area (Å²) in [6, 6.07) is 1.80. The van der Waals surface area contributed by atoms with E-state index >= 15 is 0 Å². The Balaban J connectivity index is 4.26. The molecule has 0 rings (SSSR count). The average Bonchev–Trinajstić information content (AvgIpc) is 1.82. The fourth-order valence-electron chi connectivity index (χ4n) is 0.237. The van der Waals surface area contributed by atoms with E-state index in [9.17, 15) is 0 Å². The van der Waals surface area contributed by atoms with Gasteiger partial charge in [0.05, 0.1) is 0 Å². The zero-order chi connectivity index (χ0) is 7.28. The van der Waals surface area contributed by atoms with Crippen molar-refractivity contribution in [3.8, 4) is 11.5 Å². The lowest BCUT2D eigenvalue weighted by atomic mass is 10.5. The highest BCUT2D eigenvalue weighted by atomic mass is 32.2. The molecule has 0 saturated heterocycles. The van der Waals surface area contributed by atoms with Crippen molar-refractivity contribution in [2.45, 2.75) is 6.92 Å². The van der Waals surface area contributed by atoms with Crippen molar-refractivity contribution in [1.29, 1.82) is 10.5 Å². The largest absolute Gasteiger partial charge is 0.401 e. The van der Waals surface area contributed by atoms with Crippen LogP contribution in [0.25, 0.3) is 0 Å². The summed E-state index contributed by atoms with van der Waals surface area (Å²) >= 11 is 0.784. The number of hydrogen-bond acceptors (Lipinski definition) is 4. The van der Waals surface area contributed by atoms with Crippen molar-refractivity contribution in [3.05, 3.63) is 10.6 Å². The molecule has 0 spiro atoms. The third-order valence-corrected chi connectivity index (χ3v) is 1.32. The molecule has 0 saturated carbocycles. The van der Waals surface area contributed by atoms with Gasteiger partial charge in [-0.15, -0.1) is 0 Å². The molecule has 2 N–H and O–H groups in total. The van der Waals surface area contributed by atoms with Crippen LogP contribution in [0.5, 0.6) is 0 Å². The number of rotatable bonds is 1. The number of hydrogen-bond donors (Lipinski definition) is 1. The summed E-state index contributed by atoms with van der Waals surface area (Å²) in [5.41, 5.74) is 5.61. The van der Waals surface area contributed by atoms with Crippen molar-refractivity contribution in [1.82, 2.24) is 0 Å². The van der Waals surface area contributed by atoms with Crippen molar-refractivity contribution in [2.24, 2.45) is 5.73 Å². The highest BCUT2D eigenvalue weighted by Crippen LogP contribution is 2.13. The van der Waals surface area contributed by atoms with E-state index in [0.29, 0.717) is 5.70 Å². The number of thiocyanates is 1. The third kappa shape index (κ3) is 2.63. The van der Waals surface area contributed by atoms with Crippen LogP contribution in [0.4, 0.5) is 0 Å². The van der Waals surface area contributed by atoms with E-state index in [0.717, 1.165) is 11.8 Å². The van der Waals surface area contributed by atoms with E-state index in [1.165, 1.54) is 0 Å². The molecule has 0 aliphatic carbocycles. The topological polar surface area (TPSA) is 73.6 Å². The zero-order valence-electron chi connectivity index (χ0n) is 4.88. The molecule has 0 aliphatic heterocycles. The zero-order valence-corrected chi connectivity index (χ0v) is 5.70. The smallest absolute Gasteiger partial charge is 0.139 e. The summed E-state index contributed by atoms with van der Waals surface area (Å²) < 4.78 is 0. The quantitative estimate of drug-likeness (QED) is 0.433. The maximum absolute atomic E-state index is 8.27. The highest BCUT2D eigenvalue weighted by molar-refractivity contribution is 8.07. The molecule has 0 unspecified atom stereocenters. The van der Waals surface area contributed by atoms with Gasteiger partial charge in [-0.25, -0.2) is 0 Å². The van der Waals surface area contributed by atoms with Gasteiger partial charge in [0.15, 0.2) is 0 Å². The normalized spacial score (nSPS) is 11.0. The molecule has 0 fully saturated rings. The first-order valence-corrected chi connectivity index (χ1v) is 2.96. The van der Waals surface area contributed by atoms with Crippen LogP contribution in [-0.4, -0.2) is 0 Å². The summed E-state index contributed by atoms with van der Waals surface area (Å²) in [5, 5.41) is 18.1. The number of nitrogens with zero attached hydrogens (tertiary/aromatic N) is 2. The summed E-state index contributed by atoms with van der Waals surface area (Å²) in [5.74, 6) is 0. The van der Waals surface area contributed by atoms with Gasteiger partial charge < -0.3 is 5.73 Å². The van der Waals surface area contributed by atoms with Gasteiger partial charge in [-0.05, 0) is 6.92 Å². The summed E-state index contributed by atoms with van der Waals surface area (Å²) in [6.45, 7) is 1.59. The second-order valence-corrected chi connectivity index (χ2v) is 2.11. The first-order chi connectivity index (χ1) is 4.22. The molecule has 3 nitrogen and oxygen atoms in total. The maximum atomic E-state index is 8.27. The second kappa shape index (κ2) is 3.82. The Bertz CT molecular complexity index is 201. The minimum absolute atomic E-state index is 0.275. The Hall–Kier alpha value is -1.13. The van der Waals surface area contributed by atoms with E-state index in [1.807, 2.05) is 0 Å². The fraction of sp³-hybridized carbons (Fsp3) is 0.200. The van der Waals surface area contributed by atoms with Crippen LogP contribution < -0.4 is 5.73 Å². The SMILES string of the molecule is C/C(N)=C(\C#N)SC#N. The molecule has 0 heterocycles. The van der Waals surface area contributed by atoms with E-state index < -0.39 is 0 Å². The predicted molar refractivity (Wildman–Crippen MR) is 35.7 cm³/mol. The van der Waals surface area contributed by atoms with E-state index in [-0.39, 0.29) is 4.91 Å². The minimum Gasteiger partial charge on any atom is -0.401 e. The summed E-state index contributed by atoms with van der Waals surface area (Å²) in [6.07, 6.45) is 0. The van der Waals surface area contributed by atoms with Crippen LogP contribution in [0, 0.1) is 22.0 Å². The van der Waals surface area contributed by atoms with Gasteiger partial charge in [-0.3, -0.25) is 0 Å². The second-order valence-electron chi connectivity index (χ2n) is 1.32. The Morgan fingerprint density at radius 2 is 2.11 bits per heavy atom. The average molecular weight is 139 g/mol. The van der Waals surface area contributed by atoms with Gasteiger partial charge in [0, 0.05) is 17.5 Å². The Morgan fingerprint density at radius 3 is 2.22 bits per heavy atom. The molecule has 0 atom stereocenters. The van der Waals surface area contributed by atoms with Crippen LogP contribution in [0.15, 0.2) is 10.6 Å². The molecule has 4 heteroatoms. The molecule has 0 bridgehead atoms. The molecule has 46 valence electrons.